The third kappa shape index (κ3) is 3.60. The van der Waals surface area contributed by atoms with Crippen LogP contribution in [0.3, 0.4) is 0 Å². The van der Waals surface area contributed by atoms with Crippen LogP contribution in [-0.2, 0) is 16.0 Å². The highest BCUT2D eigenvalue weighted by atomic mass is 35.5. The molecule has 2 aromatic rings. The van der Waals surface area contributed by atoms with Gasteiger partial charge in [0, 0.05) is 27.9 Å². The Morgan fingerprint density at radius 2 is 1.97 bits per heavy atom. The normalized spacial score (nSPS) is 22.2. The number of ether oxygens (including phenoxy) is 1. The van der Waals surface area contributed by atoms with E-state index in [0.29, 0.717) is 45.3 Å². The lowest BCUT2D eigenvalue weighted by Gasteiger charge is -2.34. The second-order valence-electron chi connectivity index (χ2n) is 7.56. The van der Waals surface area contributed by atoms with E-state index in [0.717, 1.165) is 5.56 Å². The lowest BCUT2D eigenvalue weighted by atomic mass is 9.85. The van der Waals surface area contributed by atoms with Gasteiger partial charge < -0.3 is 9.64 Å². The van der Waals surface area contributed by atoms with E-state index in [1.165, 1.54) is 7.11 Å². The lowest BCUT2D eigenvalue weighted by Crippen LogP contribution is -2.45. The van der Waals surface area contributed by atoms with Gasteiger partial charge in [0.2, 0.25) is 0 Å². The van der Waals surface area contributed by atoms with Crippen LogP contribution in [0.4, 0.5) is 0 Å². The van der Waals surface area contributed by atoms with Crippen molar-refractivity contribution in [2.45, 2.75) is 24.4 Å². The summed E-state index contributed by atoms with van der Waals surface area (Å²) >= 11 is 12.4. The summed E-state index contributed by atoms with van der Waals surface area (Å²) < 4.78 is 5.83. The first-order chi connectivity index (χ1) is 14.9. The van der Waals surface area contributed by atoms with E-state index >= 15 is 0 Å². The maximum absolute atomic E-state index is 13.5. The average Bonchev–Trinajstić information content (AvgIpc) is 3.19. The van der Waals surface area contributed by atoms with Crippen LogP contribution < -0.4 is 0 Å². The van der Waals surface area contributed by atoms with E-state index in [1.54, 1.807) is 35.2 Å². The number of carbonyl (C=O) groups excluding carboxylic acids is 1. The first-order valence-electron chi connectivity index (χ1n) is 9.52. The first-order valence-corrected chi connectivity index (χ1v) is 10.3. The number of azide groups is 1. The Morgan fingerprint density at radius 3 is 2.55 bits per heavy atom. The van der Waals surface area contributed by atoms with Gasteiger partial charge in [-0.25, -0.2) is 0 Å². The third-order valence-electron chi connectivity index (χ3n) is 5.74. The molecular formula is C22H17Cl2N5O2. The highest BCUT2D eigenvalue weighted by Crippen LogP contribution is 2.49. The van der Waals surface area contributed by atoms with Gasteiger partial charge in [0.15, 0.2) is 0 Å². The second kappa shape index (κ2) is 8.16. The topological polar surface area (TPSA) is 102 Å². The molecule has 0 saturated carbocycles. The molecule has 1 saturated heterocycles. The van der Waals surface area contributed by atoms with Crippen LogP contribution in [-0.4, -0.2) is 36.0 Å². The average molecular weight is 454 g/mol. The zero-order valence-corrected chi connectivity index (χ0v) is 18.1. The van der Waals surface area contributed by atoms with Crippen molar-refractivity contribution in [1.82, 2.24) is 4.90 Å². The van der Waals surface area contributed by atoms with Crippen LogP contribution in [0, 0.1) is 11.3 Å². The number of fused-ring (bicyclic) bond motifs is 1. The monoisotopic (exact) mass is 453 g/mol. The molecule has 7 nitrogen and oxygen atoms in total. The molecule has 31 heavy (non-hydrogen) atoms. The smallest absolute Gasteiger partial charge is 0.258 e. The van der Waals surface area contributed by atoms with Crippen molar-refractivity contribution in [1.29, 1.82) is 5.26 Å². The largest absolute Gasteiger partial charge is 0.498 e. The number of carbonyl (C=O) groups is 1. The molecule has 1 amide bonds. The van der Waals surface area contributed by atoms with Crippen LogP contribution in [0.5, 0.6) is 0 Å². The van der Waals surface area contributed by atoms with E-state index in [1.807, 2.05) is 12.1 Å². The minimum Gasteiger partial charge on any atom is -0.498 e. The van der Waals surface area contributed by atoms with Gasteiger partial charge >= 0.3 is 0 Å². The Bertz CT molecular complexity index is 1160. The molecule has 156 valence electrons. The van der Waals surface area contributed by atoms with Crippen molar-refractivity contribution in [2.75, 3.05) is 13.7 Å². The summed E-state index contributed by atoms with van der Waals surface area (Å²) in [7, 11) is 1.53. The molecule has 2 aliphatic rings. The van der Waals surface area contributed by atoms with Gasteiger partial charge in [-0.2, -0.15) is 5.26 Å². The van der Waals surface area contributed by atoms with Gasteiger partial charge in [-0.1, -0.05) is 40.4 Å². The Hall–Kier alpha value is -3.17. The Morgan fingerprint density at radius 1 is 1.29 bits per heavy atom. The summed E-state index contributed by atoms with van der Waals surface area (Å²) in [4.78, 5) is 18.2. The first kappa shape index (κ1) is 21.1. The summed E-state index contributed by atoms with van der Waals surface area (Å²) in [6.45, 7) is 0.282. The quantitative estimate of drug-likeness (QED) is 0.356. The Labute approximate surface area is 189 Å². The molecule has 2 aliphatic heterocycles. The van der Waals surface area contributed by atoms with Crippen molar-refractivity contribution in [3.63, 3.8) is 0 Å². The SMILES string of the molecule is COC1=C(c2cc(Cl)cc(Cl)c2)C(=O)N2C[C@@H](N=[N+]=[N-])C[C@@]12Cc1ccc(C#N)cc1. The fourth-order valence-corrected chi connectivity index (χ4v) is 5.11. The van der Waals surface area contributed by atoms with E-state index < -0.39 is 5.54 Å². The summed E-state index contributed by atoms with van der Waals surface area (Å²) in [5, 5.41) is 13.8. The van der Waals surface area contributed by atoms with E-state index in [9.17, 15) is 4.79 Å². The van der Waals surface area contributed by atoms with Crippen LogP contribution in [0.2, 0.25) is 10.0 Å². The Balaban J connectivity index is 1.87. The molecule has 0 aliphatic carbocycles. The molecule has 2 aromatic carbocycles. The second-order valence-corrected chi connectivity index (χ2v) is 8.43. The van der Waals surface area contributed by atoms with Crippen LogP contribution >= 0.6 is 23.2 Å². The fourth-order valence-electron chi connectivity index (χ4n) is 4.59. The lowest BCUT2D eigenvalue weighted by molar-refractivity contribution is -0.126. The highest BCUT2D eigenvalue weighted by molar-refractivity contribution is 6.35. The summed E-state index contributed by atoms with van der Waals surface area (Å²) in [5.74, 6) is 0.273. The zero-order chi connectivity index (χ0) is 22.2. The van der Waals surface area contributed by atoms with Gasteiger partial charge in [-0.15, -0.1) is 0 Å². The number of benzene rings is 2. The summed E-state index contributed by atoms with van der Waals surface area (Å²) in [5.41, 5.74) is 10.6. The van der Waals surface area contributed by atoms with E-state index in [4.69, 9.17) is 38.7 Å². The standard InChI is InChI=1S/C22H17Cl2N5O2/c1-31-20-19(15-6-16(23)8-17(24)7-15)21(30)29-12-18(27-28-26)10-22(20,29)9-13-2-4-14(11-25)5-3-13/h2-8,18H,9-10,12H2,1H3/t18-,22-/m0/s1. The molecule has 0 aromatic heterocycles. The maximum atomic E-state index is 13.5. The molecule has 0 N–H and O–H groups in total. The van der Waals surface area contributed by atoms with Crippen LogP contribution in [0.1, 0.15) is 23.1 Å². The number of hydrogen-bond donors (Lipinski definition) is 0. The zero-order valence-electron chi connectivity index (χ0n) is 16.5. The number of halogens is 2. The predicted octanol–water partition coefficient (Wildman–Crippen LogP) is 5.13. The molecule has 9 heteroatoms. The molecule has 0 unspecified atom stereocenters. The van der Waals surface area contributed by atoms with Crippen molar-refractivity contribution < 1.29 is 9.53 Å². The Kier molecular flexibility index (Phi) is 5.55. The van der Waals surface area contributed by atoms with Gasteiger partial charge in [-0.3, -0.25) is 4.79 Å². The molecule has 2 heterocycles. The number of methoxy groups -OCH3 is 1. The van der Waals surface area contributed by atoms with Gasteiger partial charge in [0.25, 0.3) is 5.91 Å². The predicted molar refractivity (Wildman–Crippen MR) is 117 cm³/mol. The molecule has 4 rings (SSSR count). The van der Waals surface area contributed by atoms with Crippen molar-refractivity contribution in [3.8, 4) is 6.07 Å². The molecule has 0 radical (unpaired) electrons. The summed E-state index contributed by atoms with van der Waals surface area (Å²) in [6, 6.07) is 13.9. The third-order valence-corrected chi connectivity index (χ3v) is 6.18. The van der Waals surface area contributed by atoms with Crippen molar-refractivity contribution >= 4 is 34.7 Å². The minimum atomic E-state index is -0.816. The molecule has 0 bridgehead atoms. The minimum absolute atomic E-state index is 0.223. The van der Waals surface area contributed by atoms with Crippen molar-refractivity contribution in [3.05, 3.63) is 85.4 Å². The molecule has 1 fully saturated rings. The van der Waals surface area contributed by atoms with Crippen LogP contribution in [0.25, 0.3) is 16.0 Å². The van der Waals surface area contributed by atoms with E-state index in [-0.39, 0.29) is 18.5 Å². The fraction of sp³-hybridized carbons (Fsp3) is 0.273. The number of rotatable bonds is 5. The van der Waals surface area contributed by atoms with E-state index in [2.05, 4.69) is 16.1 Å². The van der Waals surface area contributed by atoms with Gasteiger partial charge in [-0.05, 0) is 53.4 Å². The number of hydrogen-bond acceptors (Lipinski definition) is 4. The van der Waals surface area contributed by atoms with Gasteiger partial charge in [0.05, 0.1) is 30.4 Å². The summed E-state index contributed by atoms with van der Waals surface area (Å²) in [6.07, 6.45) is 0.868. The molecule has 2 atom stereocenters. The van der Waals surface area contributed by atoms with Crippen LogP contribution in [0.15, 0.2) is 53.3 Å². The number of amides is 1. The number of nitriles is 1. The van der Waals surface area contributed by atoms with Crippen molar-refractivity contribution in [2.24, 2.45) is 5.11 Å². The molecular weight excluding hydrogens is 437 g/mol. The number of nitrogens with zero attached hydrogens (tertiary/aromatic N) is 5. The highest BCUT2D eigenvalue weighted by Gasteiger charge is 2.58. The molecule has 0 spiro atoms. The van der Waals surface area contributed by atoms with Gasteiger partial charge in [0.1, 0.15) is 11.3 Å². The maximum Gasteiger partial charge on any atom is 0.258 e.